The normalized spacial score (nSPS) is 11.4. The van der Waals surface area contributed by atoms with E-state index in [2.05, 4.69) is 15.1 Å². The van der Waals surface area contributed by atoms with Crippen LogP contribution in [0.25, 0.3) is 0 Å². The molecule has 2 heterocycles. The fourth-order valence-electron chi connectivity index (χ4n) is 1.12. The molecular formula is C9H7ClN4O2S3. The summed E-state index contributed by atoms with van der Waals surface area (Å²) in [5, 5.41) is 6.31. The second-order valence-electron chi connectivity index (χ2n) is 2.98. The van der Waals surface area contributed by atoms with Crippen LogP contribution < -0.4 is 10.5 Å². The molecule has 2 aromatic rings. The summed E-state index contributed by atoms with van der Waals surface area (Å²) in [6.07, 6.45) is 1.60. The van der Waals surface area contributed by atoms with Crippen molar-refractivity contribution in [3.05, 3.63) is 21.6 Å². The van der Waals surface area contributed by atoms with Crippen LogP contribution in [-0.2, 0) is 4.84 Å². The molecule has 6 nitrogen and oxygen atoms in total. The van der Waals surface area contributed by atoms with Gasteiger partial charge in [-0.15, -0.1) is 0 Å². The minimum absolute atomic E-state index is 0.0593. The monoisotopic (exact) mass is 334 g/mol. The Kier molecular flexibility index (Phi) is 4.64. The summed E-state index contributed by atoms with van der Waals surface area (Å²) >= 11 is 13.6. The Morgan fingerprint density at radius 2 is 2.37 bits per heavy atom. The predicted octanol–water partition coefficient (Wildman–Crippen LogP) is 2.59. The van der Waals surface area contributed by atoms with Crippen molar-refractivity contribution in [2.24, 2.45) is 5.16 Å². The van der Waals surface area contributed by atoms with Gasteiger partial charge in [0.2, 0.25) is 5.05 Å². The lowest BCUT2D eigenvalue weighted by Gasteiger charge is -2.05. The second kappa shape index (κ2) is 6.24. The standard InChI is InChI=1S/C9H7ClN4O2S3/c1-15-14-5(4-6(10)19-8(11)13-4)7(17)16-9-12-2-3-18-9/h2-3H,1H3,(H2,11,13). The van der Waals surface area contributed by atoms with Gasteiger partial charge < -0.3 is 15.3 Å². The van der Waals surface area contributed by atoms with Crippen LogP contribution in [0, 0.1) is 0 Å². The molecule has 0 atom stereocenters. The van der Waals surface area contributed by atoms with Crippen molar-refractivity contribution in [2.75, 3.05) is 12.8 Å². The van der Waals surface area contributed by atoms with Crippen molar-refractivity contribution in [2.45, 2.75) is 0 Å². The lowest BCUT2D eigenvalue weighted by molar-refractivity contribution is 0.214. The van der Waals surface area contributed by atoms with Gasteiger partial charge in [0.1, 0.15) is 17.1 Å². The fourth-order valence-corrected chi connectivity index (χ4v) is 2.81. The third-order valence-corrected chi connectivity index (χ3v) is 3.80. The summed E-state index contributed by atoms with van der Waals surface area (Å²) in [5.74, 6) is 0. The van der Waals surface area contributed by atoms with Gasteiger partial charge in [0.15, 0.2) is 10.8 Å². The first-order valence-electron chi connectivity index (χ1n) is 4.76. The summed E-state index contributed by atoms with van der Waals surface area (Å²) in [4.78, 5) is 12.7. The SMILES string of the molecule is CON=C(C(=S)Oc1nccs1)c1nc(N)sc1Cl. The molecule has 100 valence electrons. The first-order chi connectivity index (χ1) is 9.11. The largest absolute Gasteiger partial charge is 0.416 e. The van der Waals surface area contributed by atoms with Gasteiger partial charge in [0.05, 0.1) is 0 Å². The van der Waals surface area contributed by atoms with Crippen molar-refractivity contribution in [1.29, 1.82) is 0 Å². The van der Waals surface area contributed by atoms with Crippen LogP contribution >= 0.6 is 46.5 Å². The van der Waals surface area contributed by atoms with Crippen molar-refractivity contribution in [1.82, 2.24) is 9.97 Å². The summed E-state index contributed by atoms with van der Waals surface area (Å²) in [6, 6.07) is 0. The summed E-state index contributed by atoms with van der Waals surface area (Å²) < 4.78 is 5.74. The molecule has 0 bridgehead atoms. The number of halogens is 1. The molecule has 0 aliphatic rings. The molecule has 0 unspecified atom stereocenters. The minimum Gasteiger partial charge on any atom is -0.416 e. The number of oxime groups is 1. The highest BCUT2D eigenvalue weighted by molar-refractivity contribution is 7.81. The van der Waals surface area contributed by atoms with E-state index in [0.29, 0.717) is 20.4 Å². The third kappa shape index (κ3) is 3.38. The van der Waals surface area contributed by atoms with Crippen LogP contribution in [0.15, 0.2) is 16.7 Å². The topological polar surface area (TPSA) is 82.6 Å². The Bertz CT molecular complexity index is 611. The lowest BCUT2D eigenvalue weighted by Crippen LogP contribution is -2.20. The number of anilines is 1. The summed E-state index contributed by atoms with van der Waals surface area (Å²) in [6.45, 7) is 0. The molecule has 2 rings (SSSR count). The molecule has 0 aromatic carbocycles. The van der Waals surface area contributed by atoms with E-state index in [0.717, 1.165) is 11.3 Å². The van der Waals surface area contributed by atoms with Crippen LogP contribution in [0.4, 0.5) is 5.13 Å². The van der Waals surface area contributed by atoms with Gasteiger partial charge in [-0.05, 0) is 12.2 Å². The predicted molar refractivity (Wildman–Crippen MR) is 80.4 cm³/mol. The highest BCUT2D eigenvalue weighted by Crippen LogP contribution is 2.27. The average molecular weight is 335 g/mol. The van der Waals surface area contributed by atoms with Gasteiger partial charge in [-0.1, -0.05) is 39.4 Å². The summed E-state index contributed by atoms with van der Waals surface area (Å²) in [5.41, 5.74) is 6.11. The molecule has 0 aliphatic heterocycles. The Balaban J connectivity index is 2.28. The van der Waals surface area contributed by atoms with Crippen LogP contribution in [0.3, 0.4) is 0 Å². The van der Waals surface area contributed by atoms with E-state index in [9.17, 15) is 0 Å². The third-order valence-electron chi connectivity index (χ3n) is 1.79. The van der Waals surface area contributed by atoms with E-state index < -0.39 is 0 Å². The van der Waals surface area contributed by atoms with Crippen LogP contribution in [0.1, 0.15) is 5.69 Å². The zero-order chi connectivity index (χ0) is 13.8. The number of nitrogens with zero attached hydrogens (tertiary/aromatic N) is 3. The van der Waals surface area contributed by atoms with Gasteiger partial charge in [-0.2, -0.15) is 0 Å². The Hall–Kier alpha value is -1.29. The Morgan fingerprint density at radius 1 is 1.58 bits per heavy atom. The van der Waals surface area contributed by atoms with Gasteiger partial charge in [-0.3, -0.25) is 0 Å². The first kappa shape index (κ1) is 14.1. The molecule has 19 heavy (non-hydrogen) atoms. The molecule has 10 heteroatoms. The maximum Gasteiger partial charge on any atom is 0.279 e. The van der Waals surface area contributed by atoms with E-state index in [1.165, 1.54) is 18.4 Å². The molecule has 2 aromatic heterocycles. The number of hydrogen-bond donors (Lipinski definition) is 1. The van der Waals surface area contributed by atoms with Gasteiger partial charge in [0, 0.05) is 11.6 Å². The van der Waals surface area contributed by atoms with Crippen LogP contribution in [-0.4, -0.2) is 27.8 Å². The molecule has 0 spiro atoms. The van der Waals surface area contributed by atoms with Crippen molar-refractivity contribution in [3.63, 3.8) is 0 Å². The number of rotatable bonds is 4. The molecule has 0 radical (unpaired) electrons. The maximum absolute atomic E-state index is 6.01. The zero-order valence-electron chi connectivity index (χ0n) is 9.49. The number of aromatic nitrogens is 2. The van der Waals surface area contributed by atoms with Gasteiger partial charge in [-0.25, -0.2) is 9.97 Å². The van der Waals surface area contributed by atoms with Crippen LogP contribution in [0.5, 0.6) is 5.19 Å². The number of thiazole rings is 2. The fraction of sp³-hybridized carbons (Fsp3) is 0.111. The zero-order valence-corrected chi connectivity index (χ0v) is 12.7. The number of hydrogen-bond acceptors (Lipinski definition) is 9. The molecule has 2 N–H and O–H groups in total. The van der Waals surface area contributed by atoms with Crippen molar-refractivity contribution >= 4 is 62.4 Å². The molecule has 0 aliphatic carbocycles. The van der Waals surface area contributed by atoms with Gasteiger partial charge in [0.25, 0.3) is 5.19 Å². The highest BCUT2D eigenvalue weighted by atomic mass is 35.5. The van der Waals surface area contributed by atoms with Crippen LogP contribution in [0.2, 0.25) is 4.34 Å². The summed E-state index contributed by atoms with van der Waals surface area (Å²) in [7, 11) is 1.38. The molecule has 0 amide bonds. The van der Waals surface area contributed by atoms with E-state index >= 15 is 0 Å². The quantitative estimate of drug-likeness (QED) is 0.525. The first-order valence-corrected chi connectivity index (χ1v) is 7.25. The number of ether oxygens (including phenoxy) is 1. The smallest absolute Gasteiger partial charge is 0.279 e. The maximum atomic E-state index is 6.01. The van der Waals surface area contributed by atoms with E-state index in [1.54, 1.807) is 11.6 Å². The lowest BCUT2D eigenvalue weighted by atomic mass is 10.3. The van der Waals surface area contributed by atoms with E-state index in [4.69, 9.17) is 39.1 Å². The average Bonchev–Trinajstić information content (AvgIpc) is 2.96. The minimum atomic E-state index is 0.0593. The van der Waals surface area contributed by atoms with E-state index in [-0.39, 0.29) is 10.8 Å². The second-order valence-corrected chi connectivity index (χ2v) is 5.85. The molecule has 0 saturated heterocycles. The van der Waals surface area contributed by atoms with Gasteiger partial charge >= 0.3 is 0 Å². The van der Waals surface area contributed by atoms with Crippen molar-refractivity contribution in [3.8, 4) is 5.19 Å². The number of nitrogens with two attached hydrogens (primary N) is 1. The van der Waals surface area contributed by atoms with Crippen molar-refractivity contribution < 1.29 is 9.57 Å². The Morgan fingerprint density at radius 3 is 2.89 bits per heavy atom. The Labute approximate surface area is 126 Å². The molecule has 0 fully saturated rings. The number of nitrogen functional groups attached to an aromatic ring is 1. The molecular weight excluding hydrogens is 328 g/mol. The molecule has 0 saturated carbocycles. The van der Waals surface area contributed by atoms with E-state index in [1.807, 2.05) is 0 Å². The number of thiocarbonyl (C=S) groups is 1. The highest BCUT2D eigenvalue weighted by Gasteiger charge is 2.21.